The van der Waals surface area contributed by atoms with E-state index in [1.807, 2.05) is 30.5 Å². The number of aromatic nitrogens is 2. The minimum atomic E-state index is -0.369. The van der Waals surface area contributed by atoms with Gasteiger partial charge in [-0.1, -0.05) is 35.5 Å². The molecule has 4 heterocycles. The number of thiophene rings is 2. The number of carbonyl (C=O) groups is 1. The van der Waals surface area contributed by atoms with E-state index in [9.17, 15) is 4.79 Å². The summed E-state index contributed by atoms with van der Waals surface area (Å²) < 4.78 is 5.75. The molecule has 0 fully saturated rings. The average Bonchev–Trinajstić information content (AvgIpc) is 3.57. The largest absolute Gasteiger partial charge is 0.334 e. The molecule has 3 aromatic heterocycles. The number of allylic oxidation sites excluding steroid dienone is 1. The fourth-order valence-corrected chi connectivity index (χ4v) is 5.38. The number of amides is 2. The highest BCUT2D eigenvalue weighted by Gasteiger charge is 2.35. The summed E-state index contributed by atoms with van der Waals surface area (Å²) in [4.78, 5) is 21.9. The molecule has 0 bridgehead atoms. The highest BCUT2D eigenvalue weighted by atomic mass is 32.1. The summed E-state index contributed by atoms with van der Waals surface area (Å²) in [5, 5.41) is 11.5. The van der Waals surface area contributed by atoms with Crippen molar-refractivity contribution in [1.29, 1.82) is 0 Å². The van der Waals surface area contributed by atoms with E-state index in [1.165, 1.54) is 16.0 Å². The van der Waals surface area contributed by atoms with Gasteiger partial charge < -0.3 is 9.84 Å². The Morgan fingerprint density at radius 3 is 2.61 bits per heavy atom. The number of hydrogen-bond donors (Lipinski definition) is 1. The lowest BCUT2D eigenvalue weighted by Crippen LogP contribution is -2.46. The fourth-order valence-electron chi connectivity index (χ4n) is 4.04. The third-order valence-corrected chi connectivity index (χ3v) is 7.82. The van der Waals surface area contributed by atoms with Gasteiger partial charge in [-0.2, -0.15) is 4.98 Å². The highest BCUT2D eigenvalue weighted by Crippen LogP contribution is 2.38. The van der Waals surface area contributed by atoms with Crippen LogP contribution >= 0.6 is 22.7 Å². The van der Waals surface area contributed by atoms with Gasteiger partial charge >= 0.3 is 6.03 Å². The predicted molar refractivity (Wildman–Crippen MR) is 132 cm³/mol. The van der Waals surface area contributed by atoms with Gasteiger partial charge in [0.1, 0.15) is 0 Å². The van der Waals surface area contributed by atoms with Crippen LogP contribution in [0.1, 0.15) is 40.4 Å². The smallest absolute Gasteiger partial charge is 0.322 e. The lowest BCUT2D eigenvalue weighted by Gasteiger charge is -2.35. The zero-order valence-corrected chi connectivity index (χ0v) is 20.3. The maximum absolute atomic E-state index is 13.2. The molecule has 1 atom stereocenters. The van der Waals surface area contributed by atoms with Gasteiger partial charge in [-0.25, -0.2) is 4.79 Å². The summed E-state index contributed by atoms with van der Waals surface area (Å²) in [5.41, 5.74) is 5.04. The van der Waals surface area contributed by atoms with E-state index in [1.54, 1.807) is 27.6 Å². The van der Waals surface area contributed by atoms with Gasteiger partial charge in [0.2, 0.25) is 5.82 Å². The second-order valence-corrected chi connectivity index (χ2v) is 10.1. The number of nitrogens with one attached hydrogen (secondary N) is 1. The van der Waals surface area contributed by atoms with Gasteiger partial charge in [0.15, 0.2) is 0 Å². The second kappa shape index (κ2) is 8.96. The molecule has 2 amide bonds. The molecule has 1 N–H and O–H groups in total. The SMILES string of the molecule is CC1=C(c2nc(-c3cccs3)no2)C(c2ccc(C)c(C)c2)NC(=O)N1CCc1cccs1. The van der Waals surface area contributed by atoms with E-state index in [-0.39, 0.29) is 12.1 Å². The molecule has 6 nitrogen and oxygen atoms in total. The van der Waals surface area contributed by atoms with Crippen LogP contribution in [0, 0.1) is 13.8 Å². The first kappa shape index (κ1) is 21.6. The standard InChI is InChI=1S/C25H24N4O2S2/c1-15-8-9-18(14-16(15)2)22-21(24-27-23(28-31-24)20-7-5-13-33-20)17(3)29(25(30)26-22)11-10-19-6-4-12-32-19/h4-9,12-14,22H,10-11H2,1-3H3,(H,26,30). The number of benzene rings is 1. The Balaban J connectivity index is 1.57. The van der Waals surface area contributed by atoms with Gasteiger partial charge in [0, 0.05) is 17.1 Å². The van der Waals surface area contributed by atoms with Gasteiger partial charge in [-0.05, 0) is 66.8 Å². The van der Waals surface area contributed by atoms with Crippen molar-refractivity contribution in [1.82, 2.24) is 20.4 Å². The molecule has 1 aliphatic heterocycles. The Kier molecular flexibility index (Phi) is 5.86. The maximum Gasteiger partial charge on any atom is 0.322 e. The van der Waals surface area contributed by atoms with Gasteiger partial charge in [-0.15, -0.1) is 22.7 Å². The third-order valence-electron chi connectivity index (χ3n) is 6.02. The first-order valence-corrected chi connectivity index (χ1v) is 12.5. The van der Waals surface area contributed by atoms with Crippen LogP contribution in [-0.4, -0.2) is 27.6 Å². The van der Waals surface area contributed by atoms with Crippen molar-refractivity contribution in [2.24, 2.45) is 0 Å². The predicted octanol–water partition coefficient (Wildman–Crippen LogP) is 6.22. The van der Waals surface area contributed by atoms with Crippen LogP contribution in [-0.2, 0) is 6.42 Å². The van der Waals surface area contributed by atoms with Crippen LogP contribution in [0.5, 0.6) is 0 Å². The molecule has 0 aliphatic carbocycles. The number of nitrogens with zero attached hydrogens (tertiary/aromatic N) is 3. The monoisotopic (exact) mass is 476 g/mol. The van der Waals surface area contributed by atoms with Gasteiger partial charge in [-0.3, -0.25) is 4.90 Å². The lowest BCUT2D eigenvalue weighted by molar-refractivity contribution is 0.205. The number of hydrogen-bond acceptors (Lipinski definition) is 6. The third kappa shape index (κ3) is 4.24. The maximum atomic E-state index is 13.2. The van der Waals surface area contributed by atoms with Gasteiger partial charge in [0.25, 0.3) is 5.89 Å². The summed E-state index contributed by atoms with van der Waals surface area (Å²) in [6.07, 6.45) is 0.786. The van der Waals surface area contributed by atoms with Crippen LogP contribution in [0.15, 0.2) is 63.4 Å². The second-order valence-electron chi connectivity index (χ2n) is 8.11. The summed E-state index contributed by atoms with van der Waals surface area (Å²) in [6, 6.07) is 13.8. The molecule has 1 unspecified atom stereocenters. The Hall–Kier alpha value is -3.23. The quantitative estimate of drug-likeness (QED) is 0.359. The molecule has 0 saturated carbocycles. The van der Waals surface area contributed by atoms with Gasteiger partial charge in [0.05, 0.1) is 16.5 Å². The molecule has 5 rings (SSSR count). The number of aryl methyl sites for hydroxylation is 2. The van der Waals surface area contributed by atoms with Crippen LogP contribution in [0.3, 0.4) is 0 Å². The van der Waals surface area contributed by atoms with Crippen LogP contribution in [0.25, 0.3) is 16.3 Å². The molecular formula is C25H24N4O2S2. The molecule has 4 aromatic rings. The Morgan fingerprint density at radius 1 is 1.06 bits per heavy atom. The van der Waals surface area contributed by atoms with E-state index >= 15 is 0 Å². The van der Waals surface area contributed by atoms with E-state index < -0.39 is 0 Å². The van der Waals surface area contributed by atoms with E-state index in [4.69, 9.17) is 9.51 Å². The number of urea groups is 1. The summed E-state index contributed by atoms with van der Waals surface area (Å²) >= 11 is 3.26. The van der Waals surface area contributed by atoms with Crippen molar-refractivity contribution in [3.8, 4) is 10.7 Å². The molecular weight excluding hydrogens is 452 g/mol. The van der Waals surface area contributed by atoms with Crippen molar-refractivity contribution in [2.45, 2.75) is 33.2 Å². The lowest BCUT2D eigenvalue weighted by atomic mass is 9.92. The first-order chi connectivity index (χ1) is 16.0. The molecule has 33 heavy (non-hydrogen) atoms. The normalized spacial score (nSPS) is 16.4. The van der Waals surface area contributed by atoms with E-state index in [2.05, 4.69) is 54.0 Å². The van der Waals surface area contributed by atoms with Crippen molar-refractivity contribution < 1.29 is 9.32 Å². The van der Waals surface area contributed by atoms with Crippen molar-refractivity contribution in [2.75, 3.05) is 6.54 Å². The molecule has 0 spiro atoms. The van der Waals surface area contributed by atoms with Crippen LogP contribution in [0.2, 0.25) is 0 Å². The highest BCUT2D eigenvalue weighted by molar-refractivity contribution is 7.13. The zero-order chi connectivity index (χ0) is 22.9. The molecule has 168 valence electrons. The minimum Gasteiger partial charge on any atom is -0.334 e. The van der Waals surface area contributed by atoms with E-state index in [0.717, 1.165) is 28.1 Å². The summed E-state index contributed by atoms with van der Waals surface area (Å²) in [5.74, 6) is 0.987. The first-order valence-electron chi connectivity index (χ1n) is 10.8. The van der Waals surface area contributed by atoms with Crippen LogP contribution < -0.4 is 5.32 Å². The molecule has 0 saturated heterocycles. The van der Waals surface area contributed by atoms with Crippen LogP contribution in [0.4, 0.5) is 4.79 Å². The topological polar surface area (TPSA) is 71.3 Å². The Morgan fingerprint density at radius 2 is 1.88 bits per heavy atom. The molecule has 1 aliphatic rings. The molecule has 1 aromatic carbocycles. The molecule has 0 radical (unpaired) electrons. The van der Waals surface area contributed by atoms with Crippen molar-refractivity contribution in [3.05, 3.63) is 86.4 Å². The van der Waals surface area contributed by atoms with Crippen molar-refractivity contribution in [3.63, 3.8) is 0 Å². The average molecular weight is 477 g/mol. The fraction of sp³-hybridized carbons (Fsp3) is 0.240. The summed E-state index contributed by atoms with van der Waals surface area (Å²) in [6.45, 7) is 6.70. The Bertz CT molecular complexity index is 1310. The summed E-state index contributed by atoms with van der Waals surface area (Å²) in [7, 11) is 0. The van der Waals surface area contributed by atoms with Crippen molar-refractivity contribution >= 4 is 34.3 Å². The molecule has 8 heteroatoms. The Labute approximate surface area is 200 Å². The zero-order valence-electron chi connectivity index (χ0n) is 18.7. The minimum absolute atomic E-state index is 0.117. The number of carbonyl (C=O) groups excluding carboxylic acids is 1. The van der Waals surface area contributed by atoms with E-state index in [0.29, 0.717) is 18.3 Å². The number of rotatable bonds is 6.